The van der Waals surface area contributed by atoms with Crippen molar-refractivity contribution in [2.24, 2.45) is 17.6 Å². The summed E-state index contributed by atoms with van der Waals surface area (Å²) in [5.41, 5.74) is 6.54. The van der Waals surface area contributed by atoms with Gasteiger partial charge in [-0.2, -0.15) is 0 Å². The Morgan fingerprint density at radius 1 is 0.833 bits per heavy atom. The van der Waals surface area contributed by atoms with Crippen LogP contribution in [0.4, 0.5) is 0 Å². The standard InChI is InChI=1S/C21H45N3/c1-6-10-12-19(8-3)14-23-16-21(5,22)17-24(18-23)15-20(9-4)13-11-7-2/h19-20H,6-18,22H2,1-5H3/t19-,20-/m0/s1. The third kappa shape index (κ3) is 8.31. The fourth-order valence-electron chi connectivity index (χ4n) is 4.26. The molecule has 3 heteroatoms. The quantitative estimate of drug-likeness (QED) is 0.559. The third-order valence-corrected chi connectivity index (χ3v) is 5.69. The smallest absolute Gasteiger partial charge is 0.0507 e. The van der Waals surface area contributed by atoms with Crippen LogP contribution in [0.2, 0.25) is 0 Å². The van der Waals surface area contributed by atoms with Crippen molar-refractivity contribution in [2.75, 3.05) is 32.8 Å². The van der Waals surface area contributed by atoms with Crippen LogP contribution in [0.1, 0.15) is 86.0 Å². The molecule has 144 valence electrons. The minimum Gasteiger partial charge on any atom is -0.323 e. The van der Waals surface area contributed by atoms with Gasteiger partial charge in [-0.15, -0.1) is 0 Å². The number of unbranched alkanes of at least 4 members (excludes halogenated alkanes) is 2. The van der Waals surface area contributed by atoms with E-state index in [2.05, 4.69) is 44.4 Å². The second kappa shape index (κ2) is 11.5. The van der Waals surface area contributed by atoms with E-state index >= 15 is 0 Å². The molecule has 2 N–H and O–H groups in total. The molecular formula is C21H45N3. The third-order valence-electron chi connectivity index (χ3n) is 5.69. The van der Waals surface area contributed by atoms with Crippen molar-refractivity contribution in [1.29, 1.82) is 0 Å². The molecule has 1 heterocycles. The topological polar surface area (TPSA) is 32.5 Å². The Balaban J connectivity index is 2.58. The molecule has 0 aromatic heterocycles. The number of nitrogens with two attached hydrogens (primary N) is 1. The van der Waals surface area contributed by atoms with E-state index in [1.165, 1.54) is 64.5 Å². The highest BCUT2D eigenvalue weighted by Gasteiger charge is 2.33. The summed E-state index contributed by atoms with van der Waals surface area (Å²) in [5.74, 6) is 1.67. The summed E-state index contributed by atoms with van der Waals surface area (Å²) in [4.78, 5) is 5.28. The SMILES string of the molecule is CCCC[C@H](CC)CN1CN(C[C@@H](CC)CCCC)CC(C)(N)C1. The van der Waals surface area contributed by atoms with Crippen LogP contribution in [0.15, 0.2) is 0 Å². The average Bonchev–Trinajstić information content (AvgIpc) is 2.53. The monoisotopic (exact) mass is 339 g/mol. The van der Waals surface area contributed by atoms with Crippen LogP contribution in [0.25, 0.3) is 0 Å². The number of nitrogens with zero attached hydrogens (tertiary/aromatic N) is 2. The van der Waals surface area contributed by atoms with Crippen LogP contribution >= 0.6 is 0 Å². The minimum absolute atomic E-state index is 0.0651. The second-order valence-corrected chi connectivity index (χ2v) is 8.65. The molecule has 0 bridgehead atoms. The van der Waals surface area contributed by atoms with Crippen LogP contribution in [-0.4, -0.2) is 48.2 Å². The van der Waals surface area contributed by atoms with Crippen molar-refractivity contribution < 1.29 is 0 Å². The molecule has 1 rings (SSSR count). The summed E-state index contributed by atoms with van der Waals surface area (Å²) in [6, 6.07) is 0. The molecular weight excluding hydrogens is 294 g/mol. The van der Waals surface area contributed by atoms with Gasteiger partial charge in [0.15, 0.2) is 0 Å². The summed E-state index contributed by atoms with van der Waals surface area (Å²) >= 11 is 0. The van der Waals surface area contributed by atoms with E-state index in [9.17, 15) is 0 Å². The van der Waals surface area contributed by atoms with Gasteiger partial charge in [-0.25, -0.2) is 0 Å². The van der Waals surface area contributed by atoms with Gasteiger partial charge in [0.25, 0.3) is 0 Å². The first-order chi connectivity index (χ1) is 11.4. The predicted molar refractivity (Wildman–Crippen MR) is 107 cm³/mol. The molecule has 1 saturated heterocycles. The molecule has 3 nitrogen and oxygen atoms in total. The first-order valence-corrected chi connectivity index (χ1v) is 10.7. The predicted octanol–water partition coefficient (Wildman–Crippen LogP) is 4.71. The zero-order valence-electron chi connectivity index (χ0n) is 17.3. The lowest BCUT2D eigenvalue weighted by Crippen LogP contribution is -2.63. The lowest BCUT2D eigenvalue weighted by molar-refractivity contribution is 0.0182. The average molecular weight is 340 g/mol. The van der Waals surface area contributed by atoms with E-state index in [1.807, 2.05) is 0 Å². The largest absolute Gasteiger partial charge is 0.323 e. The molecule has 0 aromatic rings. The zero-order chi connectivity index (χ0) is 18.0. The summed E-state index contributed by atoms with van der Waals surface area (Å²) in [6.45, 7) is 17.2. The molecule has 2 atom stereocenters. The van der Waals surface area contributed by atoms with Gasteiger partial charge in [-0.05, 0) is 31.6 Å². The molecule has 0 spiro atoms. The highest BCUT2D eigenvalue weighted by molar-refractivity contribution is 4.91. The number of rotatable bonds is 12. The first-order valence-electron chi connectivity index (χ1n) is 10.7. The van der Waals surface area contributed by atoms with Gasteiger partial charge in [0.1, 0.15) is 0 Å². The molecule has 1 fully saturated rings. The van der Waals surface area contributed by atoms with Gasteiger partial charge in [0.05, 0.1) is 6.67 Å². The van der Waals surface area contributed by atoms with Gasteiger partial charge < -0.3 is 5.73 Å². The Morgan fingerprint density at radius 2 is 1.25 bits per heavy atom. The summed E-state index contributed by atoms with van der Waals surface area (Å²) in [6.07, 6.45) is 10.7. The highest BCUT2D eigenvalue weighted by Crippen LogP contribution is 2.22. The first kappa shape index (κ1) is 21.9. The molecule has 1 aliphatic rings. The van der Waals surface area contributed by atoms with Crippen molar-refractivity contribution in [3.63, 3.8) is 0 Å². The van der Waals surface area contributed by atoms with E-state index in [4.69, 9.17) is 5.73 Å². The maximum atomic E-state index is 6.61. The van der Waals surface area contributed by atoms with E-state index in [-0.39, 0.29) is 5.54 Å². The Morgan fingerprint density at radius 3 is 1.58 bits per heavy atom. The normalized spacial score (nSPS) is 21.8. The summed E-state index contributed by atoms with van der Waals surface area (Å²) in [5, 5.41) is 0. The zero-order valence-corrected chi connectivity index (χ0v) is 17.3. The van der Waals surface area contributed by atoms with E-state index in [0.29, 0.717) is 0 Å². The molecule has 0 saturated carbocycles. The number of hydrogen-bond donors (Lipinski definition) is 1. The van der Waals surface area contributed by atoms with Crippen LogP contribution in [0.5, 0.6) is 0 Å². The van der Waals surface area contributed by atoms with Gasteiger partial charge in [-0.3, -0.25) is 9.80 Å². The van der Waals surface area contributed by atoms with Gasteiger partial charge in [0.2, 0.25) is 0 Å². The van der Waals surface area contributed by atoms with Crippen molar-refractivity contribution in [2.45, 2.75) is 91.5 Å². The molecule has 0 radical (unpaired) electrons. The Bertz CT molecular complexity index is 288. The Hall–Kier alpha value is -0.120. The summed E-state index contributed by atoms with van der Waals surface area (Å²) < 4.78 is 0. The Kier molecular flexibility index (Phi) is 10.5. The highest BCUT2D eigenvalue weighted by atomic mass is 15.4. The van der Waals surface area contributed by atoms with Crippen LogP contribution in [-0.2, 0) is 0 Å². The molecule has 0 aromatic carbocycles. The van der Waals surface area contributed by atoms with Crippen molar-refractivity contribution in [3.05, 3.63) is 0 Å². The van der Waals surface area contributed by atoms with Crippen molar-refractivity contribution in [1.82, 2.24) is 9.80 Å². The van der Waals surface area contributed by atoms with Gasteiger partial charge >= 0.3 is 0 Å². The van der Waals surface area contributed by atoms with Crippen LogP contribution < -0.4 is 5.73 Å². The maximum absolute atomic E-state index is 6.61. The van der Waals surface area contributed by atoms with Gasteiger partial charge in [-0.1, -0.05) is 66.2 Å². The fraction of sp³-hybridized carbons (Fsp3) is 1.00. The molecule has 0 unspecified atom stereocenters. The maximum Gasteiger partial charge on any atom is 0.0507 e. The fourth-order valence-corrected chi connectivity index (χ4v) is 4.26. The summed E-state index contributed by atoms with van der Waals surface area (Å²) in [7, 11) is 0. The lowest BCUT2D eigenvalue weighted by Gasteiger charge is -2.46. The molecule has 24 heavy (non-hydrogen) atoms. The second-order valence-electron chi connectivity index (χ2n) is 8.65. The number of hydrogen-bond acceptors (Lipinski definition) is 3. The van der Waals surface area contributed by atoms with E-state index in [1.54, 1.807) is 0 Å². The molecule has 0 amide bonds. The van der Waals surface area contributed by atoms with Crippen LogP contribution in [0.3, 0.4) is 0 Å². The molecule has 1 aliphatic heterocycles. The Labute approximate surface area is 152 Å². The van der Waals surface area contributed by atoms with Gasteiger partial charge in [0, 0.05) is 31.7 Å². The minimum atomic E-state index is -0.0651. The van der Waals surface area contributed by atoms with Crippen molar-refractivity contribution >= 4 is 0 Å². The van der Waals surface area contributed by atoms with Crippen LogP contribution in [0, 0.1) is 11.8 Å². The molecule has 0 aliphatic carbocycles. The van der Waals surface area contributed by atoms with E-state index in [0.717, 1.165) is 31.6 Å². The van der Waals surface area contributed by atoms with Crippen molar-refractivity contribution in [3.8, 4) is 0 Å². The lowest BCUT2D eigenvalue weighted by atomic mass is 9.94. The van der Waals surface area contributed by atoms with E-state index < -0.39 is 0 Å².